The minimum absolute atomic E-state index is 0.0902. The van der Waals surface area contributed by atoms with Crippen LogP contribution in [-0.2, 0) is 11.3 Å². The van der Waals surface area contributed by atoms with E-state index < -0.39 is 0 Å². The molecule has 24 heavy (non-hydrogen) atoms. The van der Waals surface area contributed by atoms with Crippen molar-refractivity contribution >= 4 is 11.9 Å². The first-order chi connectivity index (χ1) is 11.6. The monoisotopic (exact) mass is 330 g/mol. The molecular formula is C16H22N6O2. The van der Waals surface area contributed by atoms with Crippen LogP contribution in [0.3, 0.4) is 0 Å². The Morgan fingerprint density at radius 3 is 2.62 bits per heavy atom. The van der Waals surface area contributed by atoms with Gasteiger partial charge in [-0.1, -0.05) is 0 Å². The van der Waals surface area contributed by atoms with E-state index in [2.05, 4.69) is 20.0 Å². The van der Waals surface area contributed by atoms with Crippen molar-refractivity contribution in [2.45, 2.75) is 20.4 Å². The van der Waals surface area contributed by atoms with E-state index in [-0.39, 0.29) is 12.5 Å². The first kappa shape index (κ1) is 16.2. The van der Waals surface area contributed by atoms with Gasteiger partial charge in [-0.2, -0.15) is 10.1 Å². The number of aromatic nitrogens is 4. The topological polar surface area (TPSA) is 76.4 Å². The average molecular weight is 330 g/mol. The van der Waals surface area contributed by atoms with Gasteiger partial charge < -0.3 is 14.5 Å². The van der Waals surface area contributed by atoms with Crippen LogP contribution in [0.25, 0.3) is 0 Å². The molecule has 0 aliphatic carbocycles. The number of carbonyl (C=O) groups excluding carboxylic acids is 1. The van der Waals surface area contributed by atoms with E-state index in [9.17, 15) is 4.79 Å². The molecule has 0 saturated carbocycles. The molecule has 128 valence electrons. The van der Waals surface area contributed by atoms with Gasteiger partial charge in [0, 0.05) is 44.1 Å². The molecule has 1 aliphatic heterocycles. The van der Waals surface area contributed by atoms with Crippen LogP contribution in [0.4, 0.5) is 5.95 Å². The normalized spacial score (nSPS) is 14.8. The van der Waals surface area contributed by atoms with Crippen LogP contribution in [0, 0.1) is 13.8 Å². The predicted octanol–water partition coefficient (Wildman–Crippen LogP) is 0.647. The lowest BCUT2D eigenvalue weighted by Crippen LogP contribution is -2.50. The number of rotatable bonds is 4. The van der Waals surface area contributed by atoms with Crippen LogP contribution in [0.5, 0.6) is 5.88 Å². The Balaban J connectivity index is 1.58. The zero-order valence-corrected chi connectivity index (χ0v) is 14.3. The number of ether oxygens (including phenoxy) is 1. The standard InChI is InChI=1S/C16H22N6O2/c1-12-10-13(2)22(19-12)11-15(23)20-6-8-21(9-7-20)16-17-5-4-14(18-16)24-3/h4-5,10H,6-9,11H2,1-3H3. The second kappa shape index (κ2) is 6.86. The molecule has 0 unspecified atom stereocenters. The molecule has 0 radical (unpaired) electrons. The fourth-order valence-electron chi connectivity index (χ4n) is 2.82. The van der Waals surface area contributed by atoms with E-state index in [1.54, 1.807) is 24.1 Å². The van der Waals surface area contributed by atoms with Crippen LogP contribution in [0.15, 0.2) is 18.3 Å². The third-order valence-corrected chi connectivity index (χ3v) is 4.13. The van der Waals surface area contributed by atoms with Gasteiger partial charge in [0.05, 0.1) is 12.8 Å². The molecule has 8 heteroatoms. The molecule has 1 aliphatic rings. The summed E-state index contributed by atoms with van der Waals surface area (Å²) in [5, 5.41) is 4.35. The van der Waals surface area contributed by atoms with Gasteiger partial charge in [0.15, 0.2) is 0 Å². The SMILES string of the molecule is COc1ccnc(N2CCN(C(=O)Cn3nc(C)cc3C)CC2)n1. The van der Waals surface area contributed by atoms with Crippen molar-refractivity contribution in [2.24, 2.45) is 0 Å². The number of amides is 1. The Morgan fingerprint density at radius 1 is 1.25 bits per heavy atom. The molecule has 0 N–H and O–H groups in total. The van der Waals surface area contributed by atoms with E-state index in [1.165, 1.54) is 0 Å². The van der Waals surface area contributed by atoms with Gasteiger partial charge >= 0.3 is 0 Å². The van der Waals surface area contributed by atoms with E-state index in [0.29, 0.717) is 38.0 Å². The van der Waals surface area contributed by atoms with Crippen LogP contribution in [0.1, 0.15) is 11.4 Å². The molecule has 2 aromatic heterocycles. The third kappa shape index (κ3) is 3.47. The summed E-state index contributed by atoms with van der Waals surface area (Å²) in [6.07, 6.45) is 1.68. The summed E-state index contributed by atoms with van der Waals surface area (Å²) in [5.74, 6) is 1.27. The number of carbonyl (C=O) groups is 1. The third-order valence-electron chi connectivity index (χ3n) is 4.13. The molecule has 1 saturated heterocycles. The van der Waals surface area contributed by atoms with E-state index in [4.69, 9.17) is 4.74 Å². The molecule has 3 heterocycles. The maximum Gasteiger partial charge on any atom is 0.244 e. The molecule has 0 spiro atoms. The minimum atomic E-state index is 0.0902. The Morgan fingerprint density at radius 2 is 2.00 bits per heavy atom. The first-order valence-corrected chi connectivity index (χ1v) is 7.97. The van der Waals surface area contributed by atoms with Crippen molar-refractivity contribution in [1.82, 2.24) is 24.6 Å². The first-order valence-electron chi connectivity index (χ1n) is 7.97. The van der Waals surface area contributed by atoms with Gasteiger partial charge in [-0.3, -0.25) is 9.48 Å². The second-order valence-electron chi connectivity index (χ2n) is 5.85. The Hall–Kier alpha value is -2.64. The smallest absolute Gasteiger partial charge is 0.244 e. The quantitative estimate of drug-likeness (QED) is 0.819. The van der Waals surface area contributed by atoms with Gasteiger partial charge in [0.1, 0.15) is 6.54 Å². The number of nitrogens with zero attached hydrogens (tertiary/aromatic N) is 6. The Bertz CT molecular complexity index is 721. The molecule has 2 aromatic rings. The average Bonchev–Trinajstić information content (AvgIpc) is 2.92. The number of aryl methyl sites for hydroxylation is 2. The van der Waals surface area contributed by atoms with Crippen LogP contribution in [-0.4, -0.2) is 63.8 Å². The summed E-state index contributed by atoms with van der Waals surface area (Å²) >= 11 is 0. The number of methoxy groups -OCH3 is 1. The number of hydrogen-bond acceptors (Lipinski definition) is 6. The number of anilines is 1. The second-order valence-corrected chi connectivity index (χ2v) is 5.85. The Kier molecular flexibility index (Phi) is 4.64. The highest BCUT2D eigenvalue weighted by molar-refractivity contribution is 5.76. The maximum atomic E-state index is 12.5. The highest BCUT2D eigenvalue weighted by Gasteiger charge is 2.23. The van der Waals surface area contributed by atoms with Crippen LogP contribution < -0.4 is 9.64 Å². The summed E-state index contributed by atoms with van der Waals surface area (Å²) in [4.78, 5) is 25.0. The van der Waals surface area contributed by atoms with Gasteiger partial charge in [-0.15, -0.1) is 0 Å². The van der Waals surface area contributed by atoms with Gasteiger partial charge in [-0.25, -0.2) is 4.98 Å². The summed E-state index contributed by atoms with van der Waals surface area (Å²) < 4.78 is 6.89. The summed E-state index contributed by atoms with van der Waals surface area (Å²) in [6.45, 7) is 6.89. The zero-order valence-electron chi connectivity index (χ0n) is 14.3. The summed E-state index contributed by atoms with van der Waals surface area (Å²) in [7, 11) is 1.59. The van der Waals surface area contributed by atoms with E-state index in [1.807, 2.05) is 24.8 Å². The number of hydrogen-bond donors (Lipinski definition) is 0. The van der Waals surface area contributed by atoms with Crippen LogP contribution in [0.2, 0.25) is 0 Å². The Labute approximate surface area is 141 Å². The van der Waals surface area contributed by atoms with Crippen molar-refractivity contribution in [3.05, 3.63) is 29.7 Å². The van der Waals surface area contributed by atoms with Crippen molar-refractivity contribution in [3.8, 4) is 5.88 Å². The fraction of sp³-hybridized carbons (Fsp3) is 0.500. The van der Waals surface area contributed by atoms with E-state index >= 15 is 0 Å². The van der Waals surface area contributed by atoms with E-state index in [0.717, 1.165) is 11.4 Å². The van der Waals surface area contributed by atoms with Gasteiger partial charge in [-0.05, 0) is 19.9 Å². The molecule has 8 nitrogen and oxygen atoms in total. The van der Waals surface area contributed by atoms with Crippen LogP contribution >= 0.6 is 0 Å². The fourth-order valence-corrected chi connectivity index (χ4v) is 2.82. The maximum absolute atomic E-state index is 12.5. The summed E-state index contributed by atoms with van der Waals surface area (Å²) in [6, 6.07) is 3.70. The lowest BCUT2D eigenvalue weighted by atomic mass is 10.3. The van der Waals surface area contributed by atoms with Crippen molar-refractivity contribution in [2.75, 3.05) is 38.2 Å². The predicted molar refractivity (Wildman–Crippen MR) is 89.1 cm³/mol. The highest BCUT2D eigenvalue weighted by atomic mass is 16.5. The molecule has 0 bridgehead atoms. The molecule has 1 fully saturated rings. The lowest BCUT2D eigenvalue weighted by Gasteiger charge is -2.34. The lowest BCUT2D eigenvalue weighted by molar-refractivity contribution is -0.132. The highest BCUT2D eigenvalue weighted by Crippen LogP contribution is 2.14. The van der Waals surface area contributed by atoms with Crippen molar-refractivity contribution < 1.29 is 9.53 Å². The molecular weight excluding hydrogens is 308 g/mol. The molecule has 3 rings (SSSR count). The number of piperazine rings is 1. The molecule has 0 atom stereocenters. The zero-order chi connectivity index (χ0) is 17.1. The summed E-state index contributed by atoms with van der Waals surface area (Å²) in [5.41, 5.74) is 1.93. The minimum Gasteiger partial charge on any atom is -0.481 e. The largest absolute Gasteiger partial charge is 0.481 e. The van der Waals surface area contributed by atoms with Crippen molar-refractivity contribution in [1.29, 1.82) is 0 Å². The van der Waals surface area contributed by atoms with Gasteiger partial charge in [0.2, 0.25) is 17.7 Å². The molecule has 1 amide bonds. The van der Waals surface area contributed by atoms with Gasteiger partial charge in [0.25, 0.3) is 0 Å². The van der Waals surface area contributed by atoms with Crippen molar-refractivity contribution in [3.63, 3.8) is 0 Å². The molecule has 0 aromatic carbocycles.